The molecule has 2 aromatic rings. The minimum Gasteiger partial charge on any atom is -0.391 e. The van der Waals surface area contributed by atoms with Crippen molar-refractivity contribution < 1.29 is 9.90 Å². The molecule has 3 rings (SSSR count). The molecule has 2 atom stereocenters. The number of amides is 1. The third-order valence-electron chi connectivity index (χ3n) is 4.85. The highest BCUT2D eigenvalue weighted by atomic mass is 16.3. The summed E-state index contributed by atoms with van der Waals surface area (Å²) in [5, 5.41) is 13.1. The van der Waals surface area contributed by atoms with Gasteiger partial charge in [-0.3, -0.25) is 9.78 Å². The van der Waals surface area contributed by atoms with Gasteiger partial charge in [0.05, 0.1) is 12.1 Å². The number of pyridine rings is 1. The molecular formula is C19H26N6O2. The third-order valence-corrected chi connectivity index (χ3v) is 4.85. The molecule has 8 heteroatoms. The summed E-state index contributed by atoms with van der Waals surface area (Å²) in [6.07, 6.45) is 3.30. The summed E-state index contributed by atoms with van der Waals surface area (Å²) in [5.41, 5.74) is 1.38. The maximum atomic E-state index is 12.4. The van der Waals surface area contributed by atoms with Crippen LogP contribution >= 0.6 is 0 Å². The van der Waals surface area contributed by atoms with Crippen LogP contribution in [0.25, 0.3) is 0 Å². The number of rotatable bonds is 6. The second-order valence-electron chi connectivity index (χ2n) is 6.84. The molecule has 0 spiro atoms. The van der Waals surface area contributed by atoms with Crippen LogP contribution in [-0.4, -0.2) is 64.8 Å². The van der Waals surface area contributed by atoms with Crippen LogP contribution in [0.2, 0.25) is 0 Å². The molecule has 2 aromatic heterocycles. The summed E-state index contributed by atoms with van der Waals surface area (Å²) in [4.78, 5) is 29.3. The van der Waals surface area contributed by atoms with Crippen LogP contribution in [0.3, 0.4) is 0 Å². The summed E-state index contributed by atoms with van der Waals surface area (Å²) >= 11 is 0. The number of aliphatic hydroxyl groups is 1. The molecule has 0 unspecified atom stereocenters. The van der Waals surface area contributed by atoms with Crippen molar-refractivity contribution in [3.63, 3.8) is 0 Å². The first-order valence-electron chi connectivity index (χ1n) is 9.16. The van der Waals surface area contributed by atoms with E-state index in [-0.39, 0.29) is 11.9 Å². The summed E-state index contributed by atoms with van der Waals surface area (Å²) in [7, 11) is 1.97. The second-order valence-corrected chi connectivity index (χ2v) is 6.84. The molecular weight excluding hydrogens is 344 g/mol. The Balaban J connectivity index is 1.70. The lowest BCUT2D eigenvalue weighted by Gasteiger charge is -2.26. The van der Waals surface area contributed by atoms with E-state index in [1.165, 1.54) is 6.33 Å². The van der Waals surface area contributed by atoms with Gasteiger partial charge in [-0.1, -0.05) is 0 Å². The van der Waals surface area contributed by atoms with Crippen molar-refractivity contribution in [1.29, 1.82) is 0 Å². The fraction of sp³-hybridized carbons (Fsp3) is 0.474. The third kappa shape index (κ3) is 4.51. The molecule has 0 saturated carbocycles. The van der Waals surface area contributed by atoms with Crippen LogP contribution in [0.4, 0.5) is 11.6 Å². The highest BCUT2D eigenvalue weighted by molar-refractivity contribution is 5.94. The molecule has 0 radical (unpaired) electrons. The number of aliphatic hydroxyl groups excluding tert-OH is 1. The van der Waals surface area contributed by atoms with E-state index < -0.39 is 6.10 Å². The van der Waals surface area contributed by atoms with Crippen LogP contribution in [0.1, 0.15) is 29.4 Å². The maximum Gasteiger partial charge on any atom is 0.251 e. The lowest BCUT2D eigenvalue weighted by Crippen LogP contribution is -2.40. The normalized spacial score (nSPS) is 19.2. The highest BCUT2D eigenvalue weighted by Crippen LogP contribution is 2.25. The summed E-state index contributed by atoms with van der Waals surface area (Å²) in [5.74, 6) is 1.45. The van der Waals surface area contributed by atoms with Gasteiger partial charge in [-0.2, -0.15) is 0 Å². The van der Waals surface area contributed by atoms with Crippen LogP contribution in [0.5, 0.6) is 0 Å². The summed E-state index contributed by atoms with van der Waals surface area (Å²) in [6, 6.07) is 5.35. The monoisotopic (exact) mass is 370 g/mol. The van der Waals surface area contributed by atoms with E-state index in [0.717, 1.165) is 23.9 Å². The molecule has 27 heavy (non-hydrogen) atoms. The molecule has 0 aromatic carbocycles. The van der Waals surface area contributed by atoms with Crippen molar-refractivity contribution in [3.8, 4) is 0 Å². The fourth-order valence-electron chi connectivity index (χ4n) is 3.23. The molecule has 0 bridgehead atoms. The van der Waals surface area contributed by atoms with Crippen molar-refractivity contribution in [3.05, 3.63) is 42.0 Å². The molecule has 8 nitrogen and oxygen atoms in total. The van der Waals surface area contributed by atoms with Crippen LogP contribution in [0.15, 0.2) is 30.7 Å². The Bertz CT molecular complexity index is 799. The quantitative estimate of drug-likeness (QED) is 0.783. The number of anilines is 2. The van der Waals surface area contributed by atoms with Crippen molar-refractivity contribution in [2.75, 3.05) is 36.5 Å². The molecule has 1 fully saturated rings. The van der Waals surface area contributed by atoms with Gasteiger partial charge in [0.25, 0.3) is 5.91 Å². The van der Waals surface area contributed by atoms with E-state index in [2.05, 4.69) is 27.2 Å². The molecule has 1 aliphatic heterocycles. The SMILES string of the molecule is CCN(C)c1cc(N2C[C@H](O)C[C@@H]2CNC(=O)c2ccnc(C)c2)ncn1. The molecule has 2 N–H and O–H groups in total. The minimum absolute atomic E-state index is 0.0263. The van der Waals surface area contributed by atoms with E-state index in [4.69, 9.17) is 0 Å². The molecule has 1 amide bonds. The number of β-amino-alcohol motifs (C(OH)–C–C–N with tert-alkyl or cyclic N) is 1. The lowest BCUT2D eigenvalue weighted by atomic mass is 10.1. The van der Waals surface area contributed by atoms with Crippen molar-refractivity contribution in [2.24, 2.45) is 0 Å². The van der Waals surface area contributed by atoms with Crippen LogP contribution in [0, 0.1) is 6.92 Å². The Hall–Kier alpha value is -2.74. The van der Waals surface area contributed by atoms with Gasteiger partial charge in [0.1, 0.15) is 18.0 Å². The first-order chi connectivity index (χ1) is 13.0. The molecule has 144 valence electrons. The standard InChI is InChI=1S/C19H26N6O2/c1-4-24(3)17-9-18(23-12-22-17)25-11-16(26)8-15(25)10-21-19(27)14-5-6-20-13(2)7-14/h5-7,9,12,15-16,26H,4,8,10-11H2,1-3H3,(H,21,27)/t15-,16-/m1/s1. The van der Waals surface area contributed by atoms with Crippen LogP contribution in [-0.2, 0) is 0 Å². The molecule has 3 heterocycles. The maximum absolute atomic E-state index is 12.4. The fourth-order valence-corrected chi connectivity index (χ4v) is 3.23. The van der Waals surface area contributed by atoms with Gasteiger partial charge < -0.3 is 20.2 Å². The predicted molar refractivity (Wildman–Crippen MR) is 104 cm³/mol. The second kappa shape index (κ2) is 8.30. The zero-order valence-electron chi connectivity index (χ0n) is 16.0. The van der Waals surface area contributed by atoms with E-state index in [1.54, 1.807) is 18.3 Å². The van der Waals surface area contributed by atoms with E-state index >= 15 is 0 Å². The first-order valence-corrected chi connectivity index (χ1v) is 9.16. The molecule has 1 saturated heterocycles. The summed E-state index contributed by atoms with van der Waals surface area (Å²) < 4.78 is 0. The number of aromatic nitrogens is 3. The molecule has 1 aliphatic rings. The number of aryl methyl sites for hydroxylation is 1. The number of nitrogens with one attached hydrogen (secondary N) is 1. The minimum atomic E-state index is -0.447. The van der Waals surface area contributed by atoms with E-state index in [9.17, 15) is 9.90 Å². The van der Waals surface area contributed by atoms with Gasteiger partial charge in [0.15, 0.2) is 0 Å². The van der Waals surface area contributed by atoms with Crippen molar-refractivity contribution >= 4 is 17.5 Å². The van der Waals surface area contributed by atoms with E-state index in [0.29, 0.717) is 25.1 Å². The van der Waals surface area contributed by atoms with Gasteiger partial charge in [-0.15, -0.1) is 0 Å². The van der Waals surface area contributed by atoms with Crippen molar-refractivity contribution in [2.45, 2.75) is 32.4 Å². The van der Waals surface area contributed by atoms with Gasteiger partial charge in [-0.05, 0) is 32.4 Å². The number of hydrogen-bond donors (Lipinski definition) is 2. The highest BCUT2D eigenvalue weighted by Gasteiger charge is 2.32. The first kappa shape index (κ1) is 19.0. The average molecular weight is 370 g/mol. The summed E-state index contributed by atoms with van der Waals surface area (Å²) in [6.45, 7) is 5.66. The number of carbonyl (C=O) groups is 1. The smallest absolute Gasteiger partial charge is 0.251 e. The number of carbonyl (C=O) groups excluding carboxylic acids is 1. The Morgan fingerprint density at radius 1 is 1.37 bits per heavy atom. The van der Waals surface area contributed by atoms with Gasteiger partial charge in [-0.25, -0.2) is 9.97 Å². The van der Waals surface area contributed by atoms with Gasteiger partial charge >= 0.3 is 0 Å². The van der Waals surface area contributed by atoms with Gasteiger partial charge in [0, 0.05) is 50.2 Å². The predicted octanol–water partition coefficient (Wildman–Crippen LogP) is 1.01. The van der Waals surface area contributed by atoms with Gasteiger partial charge in [0.2, 0.25) is 0 Å². The Kier molecular flexibility index (Phi) is 5.85. The van der Waals surface area contributed by atoms with E-state index in [1.807, 2.05) is 29.8 Å². The Morgan fingerprint density at radius 2 is 2.19 bits per heavy atom. The number of hydrogen-bond acceptors (Lipinski definition) is 7. The average Bonchev–Trinajstić information content (AvgIpc) is 3.06. The largest absolute Gasteiger partial charge is 0.391 e. The lowest BCUT2D eigenvalue weighted by molar-refractivity contribution is 0.0949. The Morgan fingerprint density at radius 3 is 2.93 bits per heavy atom. The molecule has 0 aliphatic carbocycles. The zero-order valence-corrected chi connectivity index (χ0v) is 16.0. The topological polar surface area (TPSA) is 94.5 Å². The van der Waals surface area contributed by atoms with Crippen molar-refractivity contribution in [1.82, 2.24) is 20.3 Å². The zero-order chi connectivity index (χ0) is 19.4. The number of nitrogens with zero attached hydrogens (tertiary/aromatic N) is 5. The Labute approximate surface area is 159 Å². The van der Waals surface area contributed by atoms with Crippen LogP contribution < -0.4 is 15.1 Å².